The number of hydrogen-bond acceptors (Lipinski definition) is 1. The van der Waals surface area contributed by atoms with Crippen molar-refractivity contribution in [2.24, 2.45) is 0 Å². The van der Waals surface area contributed by atoms with Crippen LogP contribution in [0.4, 0.5) is 30.7 Å². The third-order valence-electron chi connectivity index (χ3n) is 7.78. The molecule has 0 fully saturated rings. The monoisotopic (exact) mass is 678 g/mol. The first-order valence-corrected chi connectivity index (χ1v) is 19.1. The Balaban J connectivity index is 1.38. The second-order valence-electron chi connectivity index (χ2n) is 12.7. The van der Waals surface area contributed by atoms with Crippen LogP contribution in [0.15, 0.2) is 78.9 Å². The van der Waals surface area contributed by atoms with Gasteiger partial charge in [0.2, 0.25) is 0 Å². The molecule has 0 radical (unpaired) electrons. The van der Waals surface area contributed by atoms with Crippen molar-refractivity contribution in [3.05, 3.63) is 125 Å². The summed E-state index contributed by atoms with van der Waals surface area (Å²) in [5, 5.41) is -0.212. The van der Waals surface area contributed by atoms with Crippen molar-refractivity contribution in [3.8, 4) is 39.5 Å². The molecule has 0 aromatic heterocycles. The van der Waals surface area contributed by atoms with Crippen LogP contribution in [-0.2, 0) is 12.5 Å². The first-order valence-electron chi connectivity index (χ1n) is 15.6. The van der Waals surface area contributed by atoms with Gasteiger partial charge in [0.1, 0.15) is 48.5 Å². The highest BCUT2D eigenvalue weighted by atomic mass is 28.3. The van der Waals surface area contributed by atoms with Gasteiger partial charge >= 0.3 is 6.11 Å². The van der Waals surface area contributed by atoms with Crippen molar-refractivity contribution in [1.82, 2.24) is 0 Å². The van der Waals surface area contributed by atoms with Crippen molar-refractivity contribution < 1.29 is 35.5 Å². The molecule has 0 aliphatic rings. The van der Waals surface area contributed by atoms with Crippen LogP contribution in [0.3, 0.4) is 0 Å². The molecule has 0 saturated heterocycles. The van der Waals surface area contributed by atoms with E-state index in [2.05, 4.69) is 23.1 Å². The maximum absolute atomic E-state index is 15.2. The number of benzene rings is 5. The number of rotatable bonds is 9. The van der Waals surface area contributed by atoms with E-state index in [9.17, 15) is 4.39 Å². The van der Waals surface area contributed by atoms with Gasteiger partial charge < -0.3 is 4.74 Å². The fourth-order valence-corrected chi connectivity index (χ4v) is 5.81. The largest absolute Gasteiger partial charge is 0.432 e. The van der Waals surface area contributed by atoms with Crippen molar-refractivity contribution >= 4 is 18.8 Å². The van der Waals surface area contributed by atoms with Gasteiger partial charge in [0, 0.05) is 10.9 Å². The summed E-state index contributed by atoms with van der Waals surface area (Å²) in [5.74, 6) is -4.12. The van der Waals surface area contributed by atoms with Crippen molar-refractivity contribution in [2.45, 2.75) is 58.4 Å². The molecular weight excluding hydrogens is 646 g/mol. The van der Waals surface area contributed by atoms with E-state index in [1.807, 2.05) is 43.9 Å². The number of ether oxygens (including phenoxy) is 1. The van der Waals surface area contributed by atoms with E-state index >= 15 is 26.3 Å². The summed E-state index contributed by atoms with van der Waals surface area (Å²) in [7, 11) is -1.96. The predicted molar refractivity (Wildman–Crippen MR) is 179 cm³/mol. The third-order valence-corrected chi connectivity index (χ3v) is 8.65. The van der Waals surface area contributed by atoms with E-state index < -0.39 is 60.1 Å². The molecule has 9 heteroatoms. The topological polar surface area (TPSA) is 9.23 Å². The van der Waals surface area contributed by atoms with Gasteiger partial charge in [-0.15, -0.1) is 5.54 Å². The molecule has 0 heterocycles. The highest BCUT2D eigenvalue weighted by Crippen LogP contribution is 2.39. The molecule has 0 unspecified atom stereocenters. The smallest absolute Gasteiger partial charge is 0.429 e. The molecule has 0 spiro atoms. The summed E-state index contributed by atoms with van der Waals surface area (Å²) in [6, 6.07) is 17.0. The number of hydrogen-bond donors (Lipinski definition) is 0. The van der Waals surface area contributed by atoms with Gasteiger partial charge in [-0.3, -0.25) is 0 Å². The molecule has 0 bridgehead atoms. The van der Waals surface area contributed by atoms with Crippen LogP contribution in [0, 0.1) is 40.6 Å². The first kappa shape index (κ1) is 34.8. The fraction of sp³-hybridized carbons (Fsp3) is 0.231. The molecule has 0 amide bonds. The van der Waals surface area contributed by atoms with Crippen molar-refractivity contribution in [3.63, 3.8) is 0 Å². The van der Waals surface area contributed by atoms with Crippen LogP contribution in [0.2, 0.25) is 19.6 Å². The summed E-state index contributed by atoms with van der Waals surface area (Å²) in [5.41, 5.74) is 2.73. The lowest BCUT2D eigenvalue weighted by molar-refractivity contribution is -0.189. The van der Waals surface area contributed by atoms with Crippen molar-refractivity contribution in [2.75, 3.05) is 0 Å². The van der Waals surface area contributed by atoms with Crippen LogP contribution in [0.25, 0.3) is 33.0 Å². The summed E-state index contributed by atoms with van der Waals surface area (Å²) in [6.07, 6.45) is -0.273. The maximum atomic E-state index is 15.2. The molecule has 248 valence electrons. The molecule has 0 aliphatic heterocycles. The molecule has 0 N–H and O–H groups in total. The number of alkyl halides is 2. The minimum atomic E-state index is -4.54. The Hall–Kier alpha value is -4.55. The lowest BCUT2D eigenvalue weighted by atomic mass is 9.97. The van der Waals surface area contributed by atoms with E-state index in [-0.39, 0.29) is 21.9 Å². The third kappa shape index (κ3) is 7.76. The van der Waals surface area contributed by atoms with Gasteiger partial charge in [-0.05, 0) is 82.9 Å². The zero-order valence-corrected chi connectivity index (χ0v) is 27.9. The van der Waals surface area contributed by atoms with E-state index in [4.69, 9.17) is 0 Å². The molecule has 0 atom stereocenters. The summed E-state index contributed by atoms with van der Waals surface area (Å²) in [4.78, 5) is 0. The lowest BCUT2D eigenvalue weighted by Crippen LogP contribution is -2.25. The average Bonchev–Trinajstić information content (AvgIpc) is 3.00. The molecule has 5 rings (SSSR count). The molecule has 5 aromatic rings. The van der Waals surface area contributed by atoms with Crippen LogP contribution < -0.4 is 4.74 Å². The van der Waals surface area contributed by atoms with E-state index in [0.29, 0.717) is 17.7 Å². The average molecular weight is 679 g/mol. The van der Waals surface area contributed by atoms with Gasteiger partial charge in [-0.2, -0.15) is 8.78 Å². The van der Waals surface area contributed by atoms with Crippen LogP contribution in [0.1, 0.15) is 42.9 Å². The van der Waals surface area contributed by atoms with Crippen LogP contribution in [-0.4, -0.2) is 8.07 Å². The lowest BCUT2D eigenvalue weighted by Gasteiger charge is -2.20. The zero-order valence-electron chi connectivity index (χ0n) is 26.9. The molecule has 0 saturated carbocycles. The Labute approximate surface area is 276 Å². The molecule has 0 aliphatic carbocycles. The Kier molecular flexibility index (Phi) is 10.1. The number of unbranched alkanes of at least 4 members (excludes halogenated alkanes) is 2. The van der Waals surface area contributed by atoms with E-state index in [1.165, 1.54) is 12.1 Å². The Morgan fingerprint density at radius 1 is 0.688 bits per heavy atom. The SMILES string of the molecule is CCCCCc1ccc(-c2ccc(-c3cc(F)c(C(F)(F)Oc4ccc5c(F)c(C#C[Si](C)(C)C)c(F)cc5c4)c(F)c3)c(F)c2)cc1. The Bertz CT molecular complexity index is 2010. The quantitative estimate of drug-likeness (QED) is 0.0653. The first-order chi connectivity index (χ1) is 22.7. The molecule has 5 aromatic carbocycles. The van der Waals surface area contributed by atoms with Crippen LogP contribution in [0.5, 0.6) is 5.75 Å². The predicted octanol–water partition coefficient (Wildman–Crippen LogP) is 12.0. The number of fused-ring (bicyclic) bond motifs is 1. The van der Waals surface area contributed by atoms with E-state index in [0.717, 1.165) is 61.1 Å². The van der Waals surface area contributed by atoms with Gasteiger partial charge in [-0.25, -0.2) is 22.0 Å². The van der Waals surface area contributed by atoms with E-state index in [1.54, 1.807) is 6.07 Å². The Morgan fingerprint density at radius 2 is 1.33 bits per heavy atom. The van der Waals surface area contributed by atoms with Gasteiger partial charge in [0.15, 0.2) is 0 Å². The van der Waals surface area contributed by atoms with Crippen LogP contribution >= 0.6 is 0 Å². The normalized spacial score (nSPS) is 11.8. The minimum Gasteiger partial charge on any atom is -0.429 e. The van der Waals surface area contributed by atoms with Gasteiger partial charge in [0.25, 0.3) is 0 Å². The summed E-state index contributed by atoms with van der Waals surface area (Å²) < 4.78 is 110. The fourth-order valence-electron chi connectivity index (χ4n) is 5.31. The maximum Gasteiger partial charge on any atom is 0.432 e. The highest BCUT2D eigenvalue weighted by molar-refractivity contribution is 6.83. The standard InChI is InChI=1S/C39H33F7OSi/c1-5-6-7-8-24-9-11-25(12-10-24)26-13-15-30(33(40)20-26)28-22-35(42)37(36(43)23-28)39(45,46)47-29-14-16-31-27(19-29)21-34(41)32(38(31)44)17-18-48(2,3)4/h9-16,19-23H,5-8H2,1-4H3. The minimum absolute atomic E-state index is 0.0962. The molecule has 48 heavy (non-hydrogen) atoms. The number of aryl methyl sites for hydroxylation is 1. The number of halogens is 7. The summed E-state index contributed by atoms with van der Waals surface area (Å²) in [6.45, 7) is 7.85. The second kappa shape index (κ2) is 13.9. The van der Waals surface area contributed by atoms with Gasteiger partial charge in [0.05, 0.1) is 5.56 Å². The Morgan fingerprint density at radius 3 is 1.96 bits per heavy atom. The zero-order chi connectivity index (χ0) is 34.8. The molecule has 1 nitrogen and oxygen atoms in total. The highest BCUT2D eigenvalue weighted by Gasteiger charge is 2.41. The van der Waals surface area contributed by atoms with Gasteiger partial charge in [-0.1, -0.05) is 81.7 Å². The second-order valence-corrected chi connectivity index (χ2v) is 17.5. The molecular formula is C39H33F7OSi. The van der Waals surface area contributed by atoms with Crippen molar-refractivity contribution in [1.29, 1.82) is 0 Å². The summed E-state index contributed by atoms with van der Waals surface area (Å²) >= 11 is 0.